The number of rotatable bonds is 5. The maximum atomic E-state index is 12.2. The molecule has 1 saturated heterocycles. The predicted molar refractivity (Wildman–Crippen MR) is 116 cm³/mol. The Kier molecular flexibility index (Phi) is 5.70. The Morgan fingerprint density at radius 3 is 2.21 bits per heavy atom. The van der Waals surface area contributed by atoms with E-state index in [1.807, 2.05) is 49.4 Å². The molecule has 1 N–H and O–H groups in total. The summed E-state index contributed by atoms with van der Waals surface area (Å²) in [5.41, 5.74) is 3.42. The summed E-state index contributed by atoms with van der Waals surface area (Å²) < 4.78 is 0. The number of anilines is 3. The van der Waals surface area contributed by atoms with Gasteiger partial charge >= 0.3 is 0 Å². The number of nitrogens with one attached hydrogen (secondary N) is 1. The molecule has 1 aliphatic heterocycles. The standard InChI is InChI=1S/C23H25N5O/c1-18-7-9-19(10-8-18)17-23(29)24-21-11-12-22(26-25-21)28-15-13-27(14-16-28)20-5-3-2-4-6-20/h2-12H,13-17H2,1H3,(H,24,25,29). The van der Waals surface area contributed by atoms with Gasteiger partial charge in [0.25, 0.3) is 0 Å². The third-order valence-electron chi connectivity index (χ3n) is 5.13. The summed E-state index contributed by atoms with van der Waals surface area (Å²) in [6.45, 7) is 5.70. The fourth-order valence-corrected chi connectivity index (χ4v) is 3.47. The molecule has 1 aliphatic rings. The van der Waals surface area contributed by atoms with Crippen LogP contribution in [-0.2, 0) is 11.2 Å². The van der Waals surface area contributed by atoms with E-state index in [1.54, 1.807) is 0 Å². The predicted octanol–water partition coefficient (Wildman–Crippen LogP) is 3.29. The minimum absolute atomic E-state index is 0.0904. The number of hydrogen-bond donors (Lipinski definition) is 1. The van der Waals surface area contributed by atoms with Crippen LogP contribution >= 0.6 is 0 Å². The number of amides is 1. The third kappa shape index (κ3) is 4.90. The maximum absolute atomic E-state index is 12.2. The monoisotopic (exact) mass is 387 g/mol. The number of aromatic nitrogens is 2. The highest BCUT2D eigenvalue weighted by atomic mass is 16.1. The normalized spacial score (nSPS) is 14.0. The number of para-hydroxylation sites is 1. The van der Waals surface area contributed by atoms with Gasteiger partial charge in [-0.25, -0.2) is 0 Å². The lowest BCUT2D eigenvalue weighted by atomic mass is 10.1. The molecule has 148 valence electrons. The van der Waals surface area contributed by atoms with Crippen LogP contribution in [0.3, 0.4) is 0 Å². The number of aryl methyl sites for hydroxylation is 1. The van der Waals surface area contributed by atoms with Crippen LogP contribution in [0, 0.1) is 6.92 Å². The number of carbonyl (C=O) groups excluding carboxylic acids is 1. The van der Waals surface area contributed by atoms with E-state index in [9.17, 15) is 4.79 Å². The Bertz CT molecular complexity index is 933. The van der Waals surface area contributed by atoms with Crippen LogP contribution in [-0.4, -0.2) is 42.3 Å². The van der Waals surface area contributed by atoms with Crippen molar-refractivity contribution in [2.24, 2.45) is 0 Å². The molecule has 6 heteroatoms. The molecule has 0 radical (unpaired) electrons. The summed E-state index contributed by atoms with van der Waals surface area (Å²) in [5.74, 6) is 1.23. The smallest absolute Gasteiger partial charge is 0.229 e. The van der Waals surface area contributed by atoms with Crippen molar-refractivity contribution in [3.8, 4) is 0 Å². The summed E-state index contributed by atoms with van der Waals surface area (Å²) in [6.07, 6.45) is 0.325. The lowest BCUT2D eigenvalue weighted by Crippen LogP contribution is -2.46. The molecule has 1 fully saturated rings. The summed E-state index contributed by atoms with van der Waals surface area (Å²) in [4.78, 5) is 16.8. The lowest BCUT2D eigenvalue weighted by molar-refractivity contribution is -0.115. The largest absolute Gasteiger partial charge is 0.368 e. The van der Waals surface area contributed by atoms with Crippen molar-refractivity contribution >= 4 is 23.2 Å². The fourth-order valence-electron chi connectivity index (χ4n) is 3.47. The van der Waals surface area contributed by atoms with Crippen molar-refractivity contribution in [3.63, 3.8) is 0 Å². The minimum Gasteiger partial charge on any atom is -0.368 e. The SMILES string of the molecule is Cc1ccc(CC(=O)Nc2ccc(N3CCN(c4ccccc4)CC3)nn2)cc1. The molecule has 4 rings (SSSR count). The number of nitrogens with zero attached hydrogens (tertiary/aromatic N) is 4. The fraction of sp³-hybridized carbons (Fsp3) is 0.261. The molecular weight excluding hydrogens is 362 g/mol. The van der Waals surface area contributed by atoms with Gasteiger partial charge in [0.05, 0.1) is 6.42 Å². The van der Waals surface area contributed by atoms with Gasteiger partial charge in [0.2, 0.25) is 5.91 Å². The quantitative estimate of drug-likeness (QED) is 0.728. The van der Waals surface area contributed by atoms with Gasteiger partial charge in [0, 0.05) is 31.9 Å². The van der Waals surface area contributed by atoms with Crippen LogP contribution in [0.4, 0.5) is 17.3 Å². The van der Waals surface area contributed by atoms with Gasteiger partial charge in [-0.15, -0.1) is 10.2 Å². The van der Waals surface area contributed by atoms with Crippen LogP contribution in [0.5, 0.6) is 0 Å². The highest BCUT2D eigenvalue weighted by Gasteiger charge is 2.18. The maximum Gasteiger partial charge on any atom is 0.229 e. The molecule has 6 nitrogen and oxygen atoms in total. The minimum atomic E-state index is -0.0904. The Hall–Kier alpha value is -3.41. The van der Waals surface area contributed by atoms with Crippen molar-refractivity contribution < 1.29 is 4.79 Å². The Balaban J connectivity index is 1.30. The molecule has 2 aromatic carbocycles. The van der Waals surface area contributed by atoms with Crippen molar-refractivity contribution in [1.29, 1.82) is 0 Å². The van der Waals surface area contributed by atoms with Crippen LogP contribution in [0.25, 0.3) is 0 Å². The summed E-state index contributed by atoms with van der Waals surface area (Å²) in [6, 6.07) is 22.2. The topological polar surface area (TPSA) is 61.4 Å². The highest BCUT2D eigenvalue weighted by molar-refractivity contribution is 5.91. The first kappa shape index (κ1) is 18.9. The molecule has 1 aromatic heterocycles. The van der Waals surface area contributed by atoms with Crippen molar-refractivity contribution in [2.75, 3.05) is 41.3 Å². The van der Waals surface area contributed by atoms with Crippen LogP contribution in [0.1, 0.15) is 11.1 Å². The highest BCUT2D eigenvalue weighted by Crippen LogP contribution is 2.19. The van der Waals surface area contributed by atoms with Gasteiger partial charge in [0.15, 0.2) is 11.6 Å². The van der Waals surface area contributed by atoms with Gasteiger partial charge in [-0.2, -0.15) is 0 Å². The second-order valence-corrected chi connectivity index (χ2v) is 7.30. The zero-order valence-electron chi connectivity index (χ0n) is 16.6. The van der Waals surface area contributed by atoms with Gasteiger partial charge in [-0.3, -0.25) is 4.79 Å². The molecule has 1 amide bonds. The third-order valence-corrected chi connectivity index (χ3v) is 5.13. The molecule has 2 heterocycles. The zero-order valence-corrected chi connectivity index (χ0v) is 16.6. The molecule has 0 aliphatic carbocycles. The summed E-state index contributed by atoms with van der Waals surface area (Å²) in [7, 11) is 0. The molecule has 29 heavy (non-hydrogen) atoms. The first-order chi connectivity index (χ1) is 14.2. The molecule has 0 saturated carbocycles. The molecule has 0 atom stereocenters. The molecule has 0 bridgehead atoms. The Morgan fingerprint density at radius 1 is 0.862 bits per heavy atom. The van der Waals surface area contributed by atoms with E-state index in [2.05, 4.69) is 49.6 Å². The number of carbonyl (C=O) groups is 1. The number of benzene rings is 2. The number of piperazine rings is 1. The van der Waals surface area contributed by atoms with Crippen molar-refractivity contribution in [3.05, 3.63) is 77.9 Å². The Labute approximate surface area is 171 Å². The average Bonchev–Trinajstić information content (AvgIpc) is 2.77. The van der Waals surface area contributed by atoms with Gasteiger partial charge in [-0.1, -0.05) is 48.0 Å². The Morgan fingerprint density at radius 2 is 1.55 bits per heavy atom. The van der Waals surface area contributed by atoms with E-state index in [4.69, 9.17) is 0 Å². The van der Waals surface area contributed by atoms with Crippen molar-refractivity contribution in [1.82, 2.24) is 10.2 Å². The zero-order chi connectivity index (χ0) is 20.1. The van der Waals surface area contributed by atoms with E-state index >= 15 is 0 Å². The average molecular weight is 387 g/mol. The van der Waals surface area contributed by atoms with Crippen LogP contribution in [0.15, 0.2) is 66.7 Å². The van der Waals surface area contributed by atoms with Crippen molar-refractivity contribution in [2.45, 2.75) is 13.3 Å². The molecular formula is C23H25N5O. The summed E-state index contributed by atoms with van der Waals surface area (Å²) in [5, 5.41) is 11.3. The lowest BCUT2D eigenvalue weighted by Gasteiger charge is -2.36. The second-order valence-electron chi connectivity index (χ2n) is 7.30. The van der Waals surface area contributed by atoms with Gasteiger partial charge in [-0.05, 0) is 36.8 Å². The van der Waals surface area contributed by atoms with E-state index in [0.717, 1.165) is 37.6 Å². The van der Waals surface area contributed by atoms with E-state index in [0.29, 0.717) is 12.2 Å². The number of hydrogen-bond acceptors (Lipinski definition) is 5. The second kappa shape index (κ2) is 8.73. The van der Waals surface area contributed by atoms with E-state index in [1.165, 1.54) is 11.3 Å². The molecule has 0 unspecified atom stereocenters. The van der Waals surface area contributed by atoms with Gasteiger partial charge < -0.3 is 15.1 Å². The first-order valence-electron chi connectivity index (χ1n) is 9.91. The molecule has 0 spiro atoms. The van der Waals surface area contributed by atoms with Gasteiger partial charge in [0.1, 0.15) is 0 Å². The van der Waals surface area contributed by atoms with E-state index in [-0.39, 0.29) is 5.91 Å². The van der Waals surface area contributed by atoms with E-state index < -0.39 is 0 Å². The summed E-state index contributed by atoms with van der Waals surface area (Å²) >= 11 is 0. The van der Waals surface area contributed by atoms with Crippen LogP contribution < -0.4 is 15.1 Å². The first-order valence-corrected chi connectivity index (χ1v) is 9.91. The molecule has 3 aromatic rings. The van der Waals surface area contributed by atoms with Crippen LogP contribution in [0.2, 0.25) is 0 Å².